The highest BCUT2D eigenvalue weighted by Crippen LogP contribution is 2.44. The molecule has 4 nitrogen and oxygen atoms in total. The Morgan fingerprint density at radius 1 is 0.889 bits per heavy atom. The highest BCUT2D eigenvalue weighted by molar-refractivity contribution is 5.54. The molecule has 0 spiro atoms. The Morgan fingerprint density at radius 2 is 1.67 bits per heavy atom. The summed E-state index contributed by atoms with van der Waals surface area (Å²) in [6.07, 6.45) is 3.66. The van der Waals surface area contributed by atoms with E-state index in [1.807, 2.05) is 18.2 Å². The maximum Gasteiger partial charge on any atom is 0.132 e. The van der Waals surface area contributed by atoms with Crippen LogP contribution < -0.4 is 10.1 Å². The van der Waals surface area contributed by atoms with Crippen LogP contribution in [0, 0.1) is 5.82 Å². The van der Waals surface area contributed by atoms with Gasteiger partial charge in [0, 0.05) is 24.4 Å². The second-order valence-corrected chi connectivity index (χ2v) is 9.96. The summed E-state index contributed by atoms with van der Waals surface area (Å²) in [6.45, 7) is 8.22. The Kier molecular flexibility index (Phi) is 9.00. The summed E-state index contributed by atoms with van der Waals surface area (Å²) >= 11 is 0. The Bertz CT molecular complexity index is 1080. The Labute approximate surface area is 214 Å². The van der Waals surface area contributed by atoms with Crippen molar-refractivity contribution in [3.8, 4) is 5.75 Å². The summed E-state index contributed by atoms with van der Waals surface area (Å²) < 4.78 is 32.7. The van der Waals surface area contributed by atoms with E-state index < -0.39 is 5.60 Å². The summed E-state index contributed by atoms with van der Waals surface area (Å²) in [5.74, 6) is 0.596. The van der Waals surface area contributed by atoms with E-state index in [0.717, 1.165) is 48.2 Å². The Hall–Kier alpha value is -2.89. The number of halogens is 1. The number of ether oxygens (including phenoxy) is 3. The third kappa shape index (κ3) is 6.86. The first-order valence-electron chi connectivity index (χ1n) is 13.0. The van der Waals surface area contributed by atoms with Crippen LogP contribution in [0.1, 0.15) is 62.8 Å². The van der Waals surface area contributed by atoms with Crippen molar-refractivity contribution in [2.45, 2.75) is 70.8 Å². The smallest absolute Gasteiger partial charge is 0.132 e. The van der Waals surface area contributed by atoms with Crippen molar-refractivity contribution in [1.29, 1.82) is 0 Å². The van der Waals surface area contributed by atoms with Gasteiger partial charge in [0.2, 0.25) is 0 Å². The van der Waals surface area contributed by atoms with Crippen LogP contribution in [0.4, 0.5) is 10.1 Å². The van der Waals surface area contributed by atoms with E-state index in [4.69, 9.17) is 14.2 Å². The van der Waals surface area contributed by atoms with Crippen LogP contribution in [-0.2, 0) is 22.4 Å². The van der Waals surface area contributed by atoms with E-state index in [0.29, 0.717) is 19.8 Å². The SMILES string of the molecule is CCCCCOC1C(OCCc2ccccc2)c2cc(NCc3ccc(F)cc3)ccc2OC1(C)C. The minimum absolute atomic E-state index is 0.229. The highest BCUT2D eigenvalue weighted by atomic mass is 19.1. The lowest BCUT2D eigenvalue weighted by Crippen LogP contribution is -2.51. The van der Waals surface area contributed by atoms with Gasteiger partial charge in [-0.1, -0.05) is 62.2 Å². The molecular formula is C31H38FNO3. The van der Waals surface area contributed by atoms with E-state index in [-0.39, 0.29) is 18.0 Å². The molecule has 1 aliphatic heterocycles. The number of hydrogen-bond donors (Lipinski definition) is 1. The maximum absolute atomic E-state index is 13.3. The molecule has 1 heterocycles. The van der Waals surface area contributed by atoms with Gasteiger partial charge in [0.15, 0.2) is 0 Å². The van der Waals surface area contributed by atoms with Crippen molar-refractivity contribution in [3.63, 3.8) is 0 Å². The zero-order valence-electron chi connectivity index (χ0n) is 21.6. The molecule has 3 aromatic rings. The minimum Gasteiger partial charge on any atom is -0.485 e. The van der Waals surface area contributed by atoms with Crippen LogP contribution in [0.2, 0.25) is 0 Å². The second kappa shape index (κ2) is 12.4. The molecule has 1 N–H and O–H groups in total. The van der Waals surface area contributed by atoms with Gasteiger partial charge in [0.05, 0.1) is 6.61 Å². The average molecular weight is 492 g/mol. The van der Waals surface area contributed by atoms with Gasteiger partial charge < -0.3 is 19.5 Å². The van der Waals surface area contributed by atoms with E-state index in [9.17, 15) is 4.39 Å². The third-order valence-electron chi connectivity index (χ3n) is 6.64. The second-order valence-electron chi connectivity index (χ2n) is 9.96. The monoisotopic (exact) mass is 491 g/mol. The zero-order valence-corrected chi connectivity index (χ0v) is 21.6. The van der Waals surface area contributed by atoms with Crippen LogP contribution in [0.25, 0.3) is 0 Å². The number of rotatable bonds is 12. The molecule has 0 saturated heterocycles. The molecule has 1 aliphatic rings. The molecule has 0 bridgehead atoms. The highest BCUT2D eigenvalue weighted by Gasteiger charge is 2.45. The van der Waals surface area contributed by atoms with Crippen molar-refractivity contribution in [3.05, 3.63) is 95.3 Å². The van der Waals surface area contributed by atoms with Gasteiger partial charge in [0.1, 0.15) is 29.4 Å². The van der Waals surface area contributed by atoms with Crippen LogP contribution in [-0.4, -0.2) is 24.9 Å². The van der Waals surface area contributed by atoms with Crippen LogP contribution in [0.3, 0.4) is 0 Å². The molecule has 0 radical (unpaired) electrons. The molecule has 192 valence electrons. The van der Waals surface area contributed by atoms with Gasteiger partial charge in [-0.25, -0.2) is 4.39 Å². The summed E-state index contributed by atoms with van der Waals surface area (Å²) in [7, 11) is 0. The van der Waals surface area contributed by atoms with Gasteiger partial charge in [-0.2, -0.15) is 0 Å². The predicted molar refractivity (Wildman–Crippen MR) is 143 cm³/mol. The predicted octanol–water partition coefficient (Wildman–Crippen LogP) is 7.48. The van der Waals surface area contributed by atoms with Crippen LogP contribution >= 0.6 is 0 Å². The molecule has 2 atom stereocenters. The molecule has 5 heteroatoms. The lowest BCUT2D eigenvalue weighted by molar-refractivity contribution is -0.162. The number of hydrogen-bond acceptors (Lipinski definition) is 4. The van der Waals surface area contributed by atoms with Gasteiger partial charge in [-0.3, -0.25) is 0 Å². The molecule has 2 unspecified atom stereocenters. The summed E-state index contributed by atoms with van der Waals surface area (Å²) in [5.41, 5.74) is 3.69. The van der Waals surface area contributed by atoms with Gasteiger partial charge >= 0.3 is 0 Å². The van der Waals surface area contributed by atoms with Crippen molar-refractivity contribution in [2.24, 2.45) is 0 Å². The van der Waals surface area contributed by atoms with Gasteiger partial charge in [0.25, 0.3) is 0 Å². The zero-order chi connectivity index (χ0) is 25.4. The first-order chi connectivity index (χ1) is 17.5. The Morgan fingerprint density at radius 3 is 2.42 bits per heavy atom. The molecule has 0 aromatic heterocycles. The van der Waals surface area contributed by atoms with Crippen molar-refractivity contribution in [1.82, 2.24) is 0 Å². The molecule has 36 heavy (non-hydrogen) atoms. The van der Waals surface area contributed by atoms with Gasteiger partial charge in [-0.05, 0) is 68.1 Å². The first kappa shape index (κ1) is 26.2. The fourth-order valence-electron chi connectivity index (χ4n) is 4.63. The molecule has 4 rings (SSSR count). The van der Waals surface area contributed by atoms with Crippen LogP contribution in [0.5, 0.6) is 5.75 Å². The quantitative estimate of drug-likeness (QED) is 0.267. The summed E-state index contributed by atoms with van der Waals surface area (Å²) in [5, 5.41) is 3.45. The summed E-state index contributed by atoms with van der Waals surface area (Å²) in [4.78, 5) is 0. The molecular weight excluding hydrogens is 453 g/mol. The van der Waals surface area contributed by atoms with Crippen molar-refractivity contribution >= 4 is 5.69 Å². The first-order valence-corrected chi connectivity index (χ1v) is 13.0. The van der Waals surface area contributed by atoms with Gasteiger partial charge in [-0.15, -0.1) is 0 Å². The number of anilines is 1. The summed E-state index contributed by atoms with van der Waals surface area (Å²) in [6, 6.07) is 23.1. The molecule has 3 aromatic carbocycles. The number of nitrogens with one attached hydrogen (secondary N) is 1. The lowest BCUT2D eigenvalue weighted by Gasteiger charge is -2.44. The van der Waals surface area contributed by atoms with E-state index >= 15 is 0 Å². The van der Waals surface area contributed by atoms with Crippen molar-refractivity contribution in [2.75, 3.05) is 18.5 Å². The van der Waals surface area contributed by atoms with E-state index in [2.05, 4.69) is 56.4 Å². The number of fused-ring (bicyclic) bond motifs is 1. The average Bonchev–Trinajstić information content (AvgIpc) is 2.87. The molecule has 0 aliphatic carbocycles. The fourth-order valence-corrected chi connectivity index (χ4v) is 4.63. The van der Waals surface area contributed by atoms with Crippen LogP contribution in [0.15, 0.2) is 72.8 Å². The minimum atomic E-state index is -0.528. The van der Waals surface area contributed by atoms with E-state index in [1.54, 1.807) is 12.1 Å². The lowest BCUT2D eigenvalue weighted by atomic mass is 9.87. The van der Waals surface area contributed by atoms with E-state index in [1.165, 1.54) is 17.7 Å². The maximum atomic E-state index is 13.3. The molecule has 0 fully saturated rings. The third-order valence-corrected chi connectivity index (χ3v) is 6.64. The van der Waals surface area contributed by atoms with Crippen molar-refractivity contribution < 1.29 is 18.6 Å². The Balaban J connectivity index is 1.53. The fraction of sp³-hybridized carbons (Fsp3) is 0.419. The standard InChI is InChI=1S/C31H38FNO3/c1-4-5-9-19-35-30-29(34-20-18-23-10-7-6-8-11-23)27-21-26(16-17-28(27)36-31(30,2)3)33-22-24-12-14-25(32)15-13-24/h6-8,10-17,21,29-30,33H,4-5,9,18-20,22H2,1-3H3. The molecule has 0 amide bonds. The largest absolute Gasteiger partial charge is 0.485 e. The number of unbranched alkanes of at least 4 members (excludes halogenated alkanes) is 2. The normalized spacial score (nSPS) is 18.3. The molecule has 0 saturated carbocycles. The number of benzene rings is 3. The topological polar surface area (TPSA) is 39.7 Å².